The van der Waals surface area contributed by atoms with Gasteiger partial charge in [-0.2, -0.15) is 8.78 Å². The Morgan fingerprint density at radius 2 is 2.15 bits per heavy atom. The van der Waals surface area contributed by atoms with E-state index in [2.05, 4.69) is 0 Å². The molecule has 0 unspecified atom stereocenters. The minimum atomic E-state index is -2.84. The molecule has 0 heterocycles. The SMILES string of the molecule is CCCCN(C(=O)C(F)F)C1CC1. The highest BCUT2D eigenvalue weighted by atomic mass is 19.3. The zero-order valence-electron chi connectivity index (χ0n) is 7.80. The van der Waals surface area contributed by atoms with Crippen LogP contribution in [0.2, 0.25) is 0 Å². The first kappa shape index (κ1) is 10.4. The summed E-state index contributed by atoms with van der Waals surface area (Å²) in [5, 5.41) is 0. The monoisotopic (exact) mass is 191 g/mol. The first-order valence-corrected chi connectivity index (χ1v) is 4.75. The standard InChI is InChI=1S/C9H15F2NO/c1-2-3-6-12(7-4-5-7)9(13)8(10)11/h7-8H,2-6H2,1H3. The Morgan fingerprint density at radius 1 is 1.54 bits per heavy atom. The Morgan fingerprint density at radius 3 is 2.54 bits per heavy atom. The van der Waals surface area contributed by atoms with Gasteiger partial charge >= 0.3 is 6.43 Å². The number of nitrogens with zero attached hydrogens (tertiary/aromatic N) is 1. The zero-order valence-corrected chi connectivity index (χ0v) is 7.80. The summed E-state index contributed by atoms with van der Waals surface area (Å²) >= 11 is 0. The maximum atomic E-state index is 12.1. The van der Waals surface area contributed by atoms with Crippen molar-refractivity contribution < 1.29 is 13.6 Å². The lowest BCUT2D eigenvalue weighted by molar-refractivity contribution is -0.143. The largest absolute Gasteiger partial charge is 0.335 e. The number of unbranched alkanes of at least 4 members (excludes halogenated alkanes) is 1. The molecule has 0 aliphatic heterocycles. The van der Waals surface area contributed by atoms with Crippen LogP contribution < -0.4 is 0 Å². The molecule has 0 bridgehead atoms. The normalized spacial score (nSPS) is 16.3. The van der Waals surface area contributed by atoms with Crippen LogP contribution in [0.3, 0.4) is 0 Å². The van der Waals surface area contributed by atoms with E-state index < -0.39 is 12.3 Å². The highest BCUT2D eigenvalue weighted by Gasteiger charge is 2.35. The molecule has 0 aromatic rings. The Bertz CT molecular complexity index is 180. The molecule has 1 amide bonds. The van der Waals surface area contributed by atoms with Crippen LogP contribution in [0, 0.1) is 0 Å². The number of alkyl halides is 2. The highest BCUT2D eigenvalue weighted by Crippen LogP contribution is 2.28. The van der Waals surface area contributed by atoms with Gasteiger partial charge in [0.25, 0.3) is 5.91 Å². The van der Waals surface area contributed by atoms with Crippen molar-refractivity contribution in [1.29, 1.82) is 0 Å². The Balaban J connectivity index is 2.41. The molecule has 0 saturated heterocycles. The van der Waals surface area contributed by atoms with E-state index in [1.54, 1.807) is 0 Å². The van der Waals surface area contributed by atoms with Crippen LogP contribution in [0.15, 0.2) is 0 Å². The van der Waals surface area contributed by atoms with Gasteiger partial charge in [0.05, 0.1) is 0 Å². The first-order chi connectivity index (χ1) is 6.16. The summed E-state index contributed by atoms with van der Waals surface area (Å²) in [7, 11) is 0. The lowest BCUT2D eigenvalue weighted by atomic mass is 10.3. The average molecular weight is 191 g/mol. The number of carbonyl (C=O) groups excluding carboxylic acids is 1. The average Bonchev–Trinajstić information content (AvgIpc) is 2.88. The van der Waals surface area contributed by atoms with Crippen LogP contribution in [0.4, 0.5) is 8.78 Å². The van der Waals surface area contributed by atoms with Crippen LogP contribution in [-0.4, -0.2) is 29.8 Å². The van der Waals surface area contributed by atoms with Gasteiger partial charge in [-0.25, -0.2) is 0 Å². The molecular formula is C9H15F2NO. The van der Waals surface area contributed by atoms with Crippen LogP contribution >= 0.6 is 0 Å². The maximum absolute atomic E-state index is 12.1. The number of hydrogen-bond donors (Lipinski definition) is 0. The van der Waals surface area contributed by atoms with E-state index in [0.29, 0.717) is 6.54 Å². The number of halogens is 2. The number of carbonyl (C=O) groups is 1. The summed E-state index contributed by atoms with van der Waals surface area (Å²) in [5.74, 6) is -0.990. The molecule has 0 N–H and O–H groups in total. The zero-order chi connectivity index (χ0) is 9.84. The van der Waals surface area contributed by atoms with Crippen LogP contribution in [0.1, 0.15) is 32.6 Å². The van der Waals surface area contributed by atoms with Crippen molar-refractivity contribution in [1.82, 2.24) is 4.90 Å². The Hall–Kier alpha value is -0.670. The molecule has 0 aromatic carbocycles. The van der Waals surface area contributed by atoms with Crippen LogP contribution in [-0.2, 0) is 4.79 Å². The van der Waals surface area contributed by atoms with Gasteiger partial charge in [0.2, 0.25) is 0 Å². The van der Waals surface area contributed by atoms with Gasteiger partial charge in [-0.05, 0) is 19.3 Å². The minimum absolute atomic E-state index is 0.105. The minimum Gasteiger partial charge on any atom is -0.335 e. The molecule has 0 aromatic heterocycles. The van der Waals surface area contributed by atoms with Crippen molar-refractivity contribution in [2.45, 2.75) is 45.1 Å². The summed E-state index contributed by atoms with van der Waals surface area (Å²) in [5.41, 5.74) is 0. The van der Waals surface area contributed by atoms with Crippen molar-refractivity contribution in [3.05, 3.63) is 0 Å². The summed E-state index contributed by atoms with van der Waals surface area (Å²) < 4.78 is 24.2. The van der Waals surface area contributed by atoms with Crippen molar-refractivity contribution in [2.24, 2.45) is 0 Å². The van der Waals surface area contributed by atoms with E-state index in [4.69, 9.17) is 0 Å². The van der Waals surface area contributed by atoms with Crippen LogP contribution in [0.25, 0.3) is 0 Å². The predicted octanol–water partition coefficient (Wildman–Crippen LogP) is 2.04. The van der Waals surface area contributed by atoms with Crippen LogP contribution in [0.5, 0.6) is 0 Å². The molecule has 1 fully saturated rings. The fraction of sp³-hybridized carbons (Fsp3) is 0.889. The van der Waals surface area contributed by atoms with E-state index in [1.165, 1.54) is 4.90 Å². The molecule has 1 aliphatic carbocycles. The quantitative estimate of drug-likeness (QED) is 0.651. The second kappa shape index (κ2) is 4.53. The van der Waals surface area contributed by atoms with E-state index in [0.717, 1.165) is 25.7 Å². The van der Waals surface area contributed by atoms with Crippen molar-refractivity contribution in [3.8, 4) is 0 Å². The second-order valence-corrected chi connectivity index (χ2v) is 3.42. The van der Waals surface area contributed by atoms with Gasteiger partial charge in [0.1, 0.15) is 0 Å². The third-order valence-electron chi connectivity index (χ3n) is 2.21. The maximum Gasteiger partial charge on any atom is 0.315 e. The van der Waals surface area contributed by atoms with E-state index >= 15 is 0 Å². The van der Waals surface area contributed by atoms with Gasteiger partial charge < -0.3 is 4.90 Å². The third kappa shape index (κ3) is 2.94. The van der Waals surface area contributed by atoms with Crippen molar-refractivity contribution in [2.75, 3.05) is 6.54 Å². The van der Waals surface area contributed by atoms with E-state index in [1.807, 2.05) is 6.92 Å². The summed E-state index contributed by atoms with van der Waals surface area (Å²) in [6.07, 6.45) is 0.691. The highest BCUT2D eigenvalue weighted by molar-refractivity contribution is 5.79. The lowest BCUT2D eigenvalue weighted by Gasteiger charge is -2.21. The molecular weight excluding hydrogens is 176 g/mol. The molecule has 0 radical (unpaired) electrons. The summed E-state index contributed by atoms with van der Waals surface area (Å²) in [4.78, 5) is 12.3. The van der Waals surface area contributed by atoms with Crippen molar-refractivity contribution in [3.63, 3.8) is 0 Å². The van der Waals surface area contributed by atoms with E-state index in [9.17, 15) is 13.6 Å². The predicted molar refractivity (Wildman–Crippen MR) is 45.6 cm³/mol. The van der Waals surface area contributed by atoms with Gasteiger partial charge in [0.15, 0.2) is 0 Å². The topological polar surface area (TPSA) is 20.3 Å². The number of hydrogen-bond acceptors (Lipinski definition) is 1. The van der Waals surface area contributed by atoms with Gasteiger partial charge in [-0.3, -0.25) is 4.79 Å². The summed E-state index contributed by atoms with van der Waals surface area (Å²) in [6, 6.07) is 0.105. The fourth-order valence-corrected chi connectivity index (χ4v) is 1.31. The molecule has 13 heavy (non-hydrogen) atoms. The molecule has 1 aliphatic rings. The summed E-state index contributed by atoms with van der Waals surface area (Å²) in [6.45, 7) is 2.47. The molecule has 0 atom stereocenters. The third-order valence-corrected chi connectivity index (χ3v) is 2.21. The lowest BCUT2D eigenvalue weighted by Crippen LogP contribution is -2.38. The van der Waals surface area contributed by atoms with Crippen molar-refractivity contribution >= 4 is 5.91 Å². The smallest absolute Gasteiger partial charge is 0.315 e. The first-order valence-electron chi connectivity index (χ1n) is 4.75. The molecule has 0 spiro atoms. The number of rotatable bonds is 5. The number of amides is 1. The molecule has 76 valence electrons. The Labute approximate surface area is 76.9 Å². The molecule has 2 nitrogen and oxygen atoms in total. The van der Waals surface area contributed by atoms with Gasteiger partial charge in [0, 0.05) is 12.6 Å². The Kier molecular flexibility index (Phi) is 3.63. The van der Waals surface area contributed by atoms with E-state index in [-0.39, 0.29) is 6.04 Å². The van der Waals surface area contributed by atoms with Gasteiger partial charge in [-0.15, -0.1) is 0 Å². The molecule has 1 saturated carbocycles. The fourth-order valence-electron chi connectivity index (χ4n) is 1.31. The second-order valence-electron chi connectivity index (χ2n) is 3.42. The van der Waals surface area contributed by atoms with Gasteiger partial charge in [-0.1, -0.05) is 13.3 Å². The molecule has 4 heteroatoms. The molecule has 1 rings (SSSR count).